The van der Waals surface area contributed by atoms with Crippen LogP contribution in [-0.4, -0.2) is 63.7 Å². The minimum atomic E-state index is -0.264. The molecule has 1 fully saturated rings. The van der Waals surface area contributed by atoms with Crippen molar-refractivity contribution in [2.75, 3.05) is 26.7 Å². The number of aliphatic hydroxyl groups is 1. The number of piperidine rings is 1. The van der Waals surface area contributed by atoms with Crippen molar-refractivity contribution in [3.8, 4) is 0 Å². The van der Waals surface area contributed by atoms with Crippen LogP contribution in [0.25, 0.3) is 0 Å². The maximum atomic E-state index is 12.2. The highest BCUT2D eigenvalue weighted by molar-refractivity contribution is 5.78. The van der Waals surface area contributed by atoms with E-state index in [1.165, 1.54) is 0 Å². The third-order valence-electron chi connectivity index (χ3n) is 3.73. The lowest BCUT2D eigenvalue weighted by molar-refractivity contribution is -0.134. The van der Waals surface area contributed by atoms with E-state index in [9.17, 15) is 9.90 Å². The predicted octanol–water partition coefficient (Wildman–Crippen LogP) is 0.683. The van der Waals surface area contributed by atoms with Gasteiger partial charge in [-0.15, -0.1) is 0 Å². The van der Waals surface area contributed by atoms with Gasteiger partial charge in [0.05, 0.1) is 19.2 Å². The number of aliphatic hydroxyl groups excluding tert-OH is 1. The molecule has 124 valence electrons. The van der Waals surface area contributed by atoms with Gasteiger partial charge >= 0.3 is 0 Å². The van der Waals surface area contributed by atoms with Gasteiger partial charge < -0.3 is 14.5 Å². The summed E-state index contributed by atoms with van der Waals surface area (Å²) in [4.78, 5) is 20.2. The Morgan fingerprint density at radius 1 is 1.45 bits per heavy atom. The number of nitrogens with zero attached hydrogens (tertiary/aromatic N) is 4. The summed E-state index contributed by atoms with van der Waals surface area (Å²) in [6, 6.07) is 0. The molecular weight excluding hydrogens is 284 g/mol. The highest BCUT2D eigenvalue weighted by atomic mass is 16.5. The summed E-state index contributed by atoms with van der Waals surface area (Å²) in [5, 5.41) is 13.4. The fraction of sp³-hybridized carbons (Fsp3) is 0.800. The molecule has 1 aromatic heterocycles. The summed E-state index contributed by atoms with van der Waals surface area (Å²) in [6.45, 7) is 6.26. The van der Waals surface area contributed by atoms with Gasteiger partial charge in [-0.3, -0.25) is 9.69 Å². The second-order valence-electron chi connectivity index (χ2n) is 6.49. The van der Waals surface area contributed by atoms with Gasteiger partial charge in [0.25, 0.3) is 0 Å². The molecule has 2 rings (SSSR count). The monoisotopic (exact) mass is 310 g/mol. The third-order valence-corrected chi connectivity index (χ3v) is 3.73. The van der Waals surface area contributed by atoms with Crippen molar-refractivity contribution in [1.82, 2.24) is 19.9 Å². The van der Waals surface area contributed by atoms with E-state index in [0.717, 1.165) is 12.2 Å². The zero-order chi connectivity index (χ0) is 16.1. The summed E-state index contributed by atoms with van der Waals surface area (Å²) in [6.07, 6.45) is 1.86. The zero-order valence-corrected chi connectivity index (χ0v) is 13.7. The first-order valence-electron chi connectivity index (χ1n) is 7.90. The molecule has 0 aliphatic carbocycles. The first kappa shape index (κ1) is 16.9. The van der Waals surface area contributed by atoms with E-state index < -0.39 is 0 Å². The molecule has 1 N–H and O–H groups in total. The van der Waals surface area contributed by atoms with Crippen molar-refractivity contribution in [3.05, 3.63) is 11.7 Å². The molecule has 0 radical (unpaired) electrons. The molecule has 0 saturated carbocycles. The van der Waals surface area contributed by atoms with Crippen molar-refractivity contribution < 1.29 is 14.4 Å². The Morgan fingerprint density at radius 3 is 2.77 bits per heavy atom. The lowest BCUT2D eigenvalue weighted by Gasteiger charge is -2.30. The number of likely N-dealkylation sites (N-methyl/N-ethyl adjacent to an activating group) is 1. The van der Waals surface area contributed by atoms with Crippen molar-refractivity contribution in [1.29, 1.82) is 0 Å². The van der Waals surface area contributed by atoms with Gasteiger partial charge in [0.2, 0.25) is 11.8 Å². The van der Waals surface area contributed by atoms with Gasteiger partial charge in [-0.25, -0.2) is 0 Å². The van der Waals surface area contributed by atoms with Gasteiger partial charge in [-0.2, -0.15) is 4.98 Å². The molecule has 0 unspecified atom stereocenters. The third kappa shape index (κ3) is 5.06. The first-order chi connectivity index (χ1) is 10.4. The predicted molar refractivity (Wildman–Crippen MR) is 81.0 cm³/mol. The quantitative estimate of drug-likeness (QED) is 0.832. The second kappa shape index (κ2) is 7.69. The number of hydrogen-bond donors (Lipinski definition) is 1. The van der Waals surface area contributed by atoms with E-state index in [1.54, 1.807) is 4.90 Å². The Labute approximate surface area is 131 Å². The first-order valence-corrected chi connectivity index (χ1v) is 7.90. The van der Waals surface area contributed by atoms with E-state index in [4.69, 9.17) is 4.52 Å². The Bertz CT molecular complexity index is 481. The molecule has 1 saturated heterocycles. The number of likely N-dealkylation sites (tertiary alicyclic amines) is 1. The van der Waals surface area contributed by atoms with Crippen molar-refractivity contribution in [2.45, 2.75) is 45.8 Å². The number of carbonyl (C=O) groups is 1. The van der Waals surface area contributed by atoms with E-state index in [2.05, 4.69) is 24.0 Å². The number of hydrogen-bond acceptors (Lipinski definition) is 6. The average molecular weight is 310 g/mol. The summed E-state index contributed by atoms with van der Waals surface area (Å²) in [7, 11) is 1.86. The standard InChI is InChI=1S/C15H26N4O3/c1-11(2)8-13-16-14(22-17-13)9-18(3)10-15(21)19-6-4-12(20)5-7-19/h11-12,20H,4-10H2,1-3H3. The Hall–Kier alpha value is -1.47. The summed E-state index contributed by atoms with van der Waals surface area (Å²) < 4.78 is 5.22. The molecular formula is C15H26N4O3. The molecule has 2 heterocycles. The number of aromatic nitrogens is 2. The number of amides is 1. The van der Waals surface area contributed by atoms with E-state index in [1.807, 2.05) is 11.9 Å². The van der Waals surface area contributed by atoms with E-state index >= 15 is 0 Å². The molecule has 0 atom stereocenters. The SMILES string of the molecule is CC(C)Cc1noc(CN(C)CC(=O)N2CCC(O)CC2)n1. The molecule has 1 aliphatic heterocycles. The minimum Gasteiger partial charge on any atom is -0.393 e. The van der Waals surface area contributed by atoms with Crippen LogP contribution in [0, 0.1) is 5.92 Å². The summed E-state index contributed by atoms with van der Waals surface area (Å²) in [5.41, 5.74) is 0. The van der Waals surface area contributed by atoms with Gasteiger partial charge in [-0.1, -0.05) is 19.0 Å². The molecule has 22 heavy (non-hydrogen) atoms. The van der Waals surface area contributed by atoms with Crippen molar-refractivity contribution >= 4 is 5.91 Å². The van der Waals surface area contributed by atoms with Gasteiger partial charge in [0.15, 0.2) is 5.82 Å². The lowest BCUT2D eigenvalue weighted by Crippen LogP contribution is -2.44. The number of rotatable bonds is 6. The Morgan fingerprint density at radius 2 is 2.14 bits per heavy atom. The smallest absolute Gasteiger partial charge is 0.240 e. The summed E-state index contributed by atoms with van der Waals surface area (Å²) >= 11 is 0. The molecule has 0 spiro atoms. The van der Waals surface area contributed by atoms with Crippen molar-refractivity contribution in [2.24, 2.45) is 5.92 Å². The maximum absolute atomic E-state index is 12.2. The van der Waals surface area contributed by atoms with Crippen LogP contribution in [0.4, 0.5) is 0 Å². The van der Waals surface area contributed by atoms with E-state index in [0.29, 0.717) is 50.8 Å². The molecule has 1 aliphatic rings. The van der Waals surface area contributed by atoms with Crippen LogP contribution in [0.2, 0.25) is 0 Å². The van der Waals surface area contributed by atoms with Crippen LogP contribution >= 0.6 is 0 Å². The molecule has 0 aromatic carbocycles. The van der Waals surface area contributed by atoms with Crippen LogP contribution < -0.4 is 0 Å². The van der Waals surface area contributed by atoms with Crippen LogP contribution in [0.15, 0.2) is 4.52 Å². The fourth-order valence-corrected chi connectivity index (χ4v) is 2.54. The topological polar surface area (TPSA) is 82.7 Å². The van der Waals surface area contributed by atoms with Crippen molar-refractivity contribution in [3.63, 3.8) is 0 Å². The van der Waals surface area contributed by atoms with Crippen LogP contribution in [0.3, 0.4) is 0 Å². The van der Waals surface area contributed by atoms with Gasteiger partial charge in [0.1, 0.15) is 0 Å². The minimum absolute atomic E-state index is 0.0799. The van der Waals surface area contributed by atoms with E-state index in [-0.39, 0.29) is 12.0 Å². The Balaban J connectivity index is 1.78. The van der Waals surface area contributed by atoms with Crippen LogP contribution in [0.1, 0.15) is 38.4 Å². The Kier molecular flexibility index (Phi) is 5.90. The second-order valence-corrected chi connectivity index (χ2v) is 6.49. The van der Waals surface area contributed by atoms with Crippen LogP contribution in [0.5, 0.6) is 0 Å². The zero-order valence-electron chi connectivity index (χ0n) is 13.7. The maximum Gasteiger partial charge on any atom is 0.240 e. The lowest BCUT2D eigenvalue weighted by atomic mass is 10.1. The molecule has 0 bridgehead atoms. The highest BCUT2D eigenvalue weighted by Crippen LogP contribution is 2.11. The van der Waals surface area contributed by atoms with Gasteiger partial charge in [-0.05, 0) is 25.8 Å². The normalized spacial score (nSPS) is 16.7. The fourth-order valence-electron chi connectivity index (χ4n) is 2.54. The molecule has 1 aromatic rings. The molecule has 7 heteroatoms. The van der Waals surface area contributed by atoms with Gasteiger partial charge in [0, 0.05) is 19.5 Å². The average Bonchev–Trinajstić information content (AvgIpc) is 2.85. The van der Waals surface area contributed by atoms with Crippen LogP contribution in [-0.2, 0) is 17.8 Å². The largest absolute Gasteiger partial charge is 0.393 e. The highest BCUT2D eigenvalue weighted by Gasteiger charge is 2.22. The summed E-state index contributed by atoms with van der Waals surface area (Å²) in [5.74, 6) is 1.82. The molecule has 7 nitrogen and oxygen atoms in total. The molecule has 1 amide bonds. The number of carbonyl (C=O) groups excluding carboxylic acids is 1.